The Balaban J connectivity index is 1.60. The molecule has 7 aromatic rings. The van der Waals surface area contributed by atoms with E-state index in [2.05, 4.69) is 189 Å². The first-order valence-corrected chi connectivity index (χ1v) is 18.0. The number of rotatable bonds is 2. The molecule has 0 fully saturated rings. The van der Waals surface area contributed by atoms with Crippen LogP contribution in [0.2, 0.25) is 0 Å². The Labute approximate surface area is 298 Å². The van der Waals surface area contributed by atoms with Gasteiger partial charge in [0.25, 0.3) is 0 Å². The molecule has 0 saturated carbocycles. The Morgan fingerprint density at radius 1 is 0.400 bits per heavy atom. The Bertz CT molecular complexity index is 2350. The molecule has 0 spiro atoms. The molecule has 0 N–H and O–H groups in total. The minimum Gasteiger partial charge on any atom is -0.308 e. The van der Waals surface area contributed by atoms with Gasteiger partial charge >= 0.3 is 0 Å². The largest absolute Gasteiger partial charge is 0.308 e. The van der Waals surface area contributed by atoms with Crippen molar-refractivity contribution in [1.82, 2.24) is 9.13 Å². The van der Waals surface area contributed by atoms with Crippen LogP contribution >= 0.6 is 0 Å². The third kappa shape index (κ3) is 5.41. The van der Waals surface area contributed by atoms with Crippen molar-refractivity contribution in [3.05, 3.63) is 119 Å². The highest BCUT2D eigenvalue weighted by Crippen LogP contribution is 2.41. The summed E-state index contributed by atoms with van der Waals surface area (Å²) >= 11 is 0. The van der Waals surface area contributed by atoms with Crippen LogP contribution in [0, 0.1) is 11.3 Å². The predicted octanol–water partition coefficient (Wildman–Crippen LogP) is 12.9. The number of nitrogens with zero attached hydrogens (tertiary/aromatic N) is 3. The van der Waals surface area contributed by atoms with E-state index < -0.39 is 0 Å². The first-order valence-electron chi connectivity index (χ1n) is 18.0. The van der Waals surface area contributed by atoms with E-state index >= 15 is 0 Å². The smallest absolute Gasteiger partial charge is 0.104 e. The molecule has 0 aliphatic heterocycles. The summed E-state index contributed by atoms with van der Waals surface area (Å²) < 4.78 is 4.67. The van der Waals surface area contributed by atoms with Crippen molar-refractivity contribution in [1.29, 1.82) is 5.26 Å². The normalized spacial score (nSPS) is 13.2. The minimum absolute atomic E-state index is 0.0149. The zero-order valence-electron chi connectivity index (χ0n) is 32.0. The van der Waals surface area contributed by atoms with Crippen molar-refractivity contribution >= 4 is 43.6 Å². The molecule has 50 heavy (non-hydrogen) atoms. The van der Waals surface area contributed by atoms with Gasteiger partial charge in [-0.25, -0.2) is 0 Å². The number of fused-ring (bicyclic) bond motifs is 6. The second-order valence-electron chi connectivity index (χ2n) is 18.4. The molecule has 0 atom stereocenters. The lowest BCUT2D eigenvalue weighted by molar-refractivity contribution is 0.590. The van der Waals surface area contributed by atoms with Gasteiger partial charge in [-0.1, -0.05) is 126 Å². The summed E-state index contributed by atoms with van der Waals surface area (Å²) in [5.41, 5.74) is 12.0. The van der Waals surface area contributed by atoms with Gasteiger partial charge < -0.3 is 9.13 Å². The van der Waals surface area contributed by atoms with E-state index in [1.54, 1.807) is 0 Å². The number of hydrogen-bond donors (Lipinski definition) is 0. The van der Waals surface area contributed by atoms with Gasteiger partial charge in [-0.2, -0.15) is 5.26 Å². The predicted molar refractivity (Wildman–Crippen MR) is 215 cm³/mol. The summed E-state index contributed by atoms with van der Waals surface area (Å²) in [7, 11) is 0. The highest BCUT2D eigenvalue weighted by molar-refractivity contribution is 6.11. The lowest BCUT2D eigenvalue weighted by atomic mass is 9.85. The van der Waals surface area contributed by atoms with Crippen LogP contribution in [0.5, 0.6) is 0 Å². The maximum atomic E-state index is 11.2. The summed E-state index contributed by atoms with van der Waals surface area (Å²) in [5.74, 6) is 0. The third-order valence-electron chi connectivity index (χ3n) is 10.6. The molecule has 2 heterocycles. The van der Waals surface area contributed by atoms with Crippen LogP contribution in [0.1, 0.15) is 111 Å². The lowest BCUT2D eigenvalue weighted by Gasteiger charge is -2.21. The van der Waals surface area contributed by atoms with Crippen molar-refractivity contribution in [3.8, 4) is 17.4 Å². The van der Waals surface area contributed by atoms with Gasteiger partial charge in [0.1, 0.15) is 11.6 Å². The fourth-order valence-corrected chi connectivity index (χ4v) is 7.44. The molecule has 2 aromatic heterocycles. The molecule has 0 aliphatic carbocycles. The van der Waals surface area contributed by atoms with Gasteiger partial charge in [-0.05, 0) is 92.4 Å². The molecule has 7 rings (SSSR count). The van der Waals surface area contributed by atoms with E-state index in [1.807, 2.05) is 0 Å². The summed E-state index contributed by atoms with van der Waals surface area (Å²) in [6.45, 7) is 27.2. The summed E-state index contributed by atoms with van der Waals surface area (Å²) in [4.78, 5) is 0. The fourth-order valence-electron chi connectivity index (χ4n) is 7.44. The fraction of sp³-hybridized carbons (Fsp3) is 0.340. The van der Waals surface area contributed by atoms with Crippen molar-refractivity contribution < 1.29 is 0 Å². The number of hydrogen-bond acceptors (Lipinski definition) is 1. The zero-order valence-corrected chi connectivity index (χ0v) is 32.0. The molecular weight excluding hydrogens is 607 g/mol. The van der Waals surface area contributed by atoms with E-state index in [0.717, 1.165) is 33.4 Å². The first kappa shape index (κ1) is 33.7. The van der Waals surface area contributed by atoms with Crippen LogP contribution in [0.25, 0.3) is 55.0 Å². The van der Waals surface area contributed by atoms with E-state index in [0.29, 0.717) is 5.56 Å². The van der Waals surface area contributed by atoms with Crippen molar-refractivity contribution in [2.24, 2.45) is 0 Å². The van der Waals surface area contributed by atoms with Gasteiger partial charge in [0.15, 0.2) is 0 Å². The van der Waals surface area contributed by atoms with Gasteiger partial charge in [-0.15, -0.1) is 0 Å². The Morgan fingerprint density at radius 3 is 1.08 bits per heavy atom. The van der Waals surface area contributed by atoms with E-state index in [4.69, 9.17) is 0 Å². The Morgan fingerprint density at radius 2 is 0.740 bits per heavy atom. The second kappa shape index (κ2) is 11.1. The van der Waals surface area contributed by atoms with Crippen LogP contribution in [-0.4, -0.2) is 9.13 Å². The number of aromatic nitrogens is 2. The molecule has 0 aliphatic rings. The maximum Gasteiger partial charge on any atom is 0.104 e. The highest BCUT2D eigenvalue weighted by Gasteiger charge is 2.25. The molecule has 254 valence electrons. The van der Waals surface area contributed by atoms with Crippen molar-refractivity contribution in [3.63, 3.8) is 0 Å². The topological polar surface area (TPSA) is 33.6 Å². The number of benzene rings is 5. The molecule has 3 heteroatoms. The van der Waals surface area contributed by atoms with Crippen molar-refractivity contribution in [2.45, 2.75) is 105 Å². The molecule has 0 bridgehead atoms. The number of nitriles is 1. The maximum absolute atomic E-state index is 11.2. The molecule has 0 amide bonds. The first-order chi connectivity index (χ1) is 23.3. The van der Waals surface area contributed by atoms with Crippen LogP contribution in [-0.2, 0) is 21.7 Å². The van der Waals surface area contributed by atoms with Crippen LogP contribution in [0.15, 0.2) is 91.0 Å². The summed E-state index contributed by atoms with van der Waals surface area (Å²) in [6.07, 6.45) is 0. The molecule has 5 aromatic carbocycles. The zero-order chi connectivity index (χ0) is 36.1. The molecule has 0 radical (unpaired) electrons. The van der Waals surface area contributed by atoms with Crippen molar-refractivity contribution in [2.75, 3.05) is 0 Å². The van der Waals surface area contributed by atoms with E-state index in [9.17, 15) is 5.26 Å². The summed E-state index contributed by atoms with van der Waals surface area (Å²) in [6, 6.07) is 36.6. The monoisotopic (exact) mass is 657 g/mol. The standard InChI is InChI=1S/C47H51N3/c1-44(2,3)29-18-22-40-35(24-29)33-20-16-31(46(7,8)9)26-42(33)49(40)38-14-13-15-39(37(38)28-48)50-41-23-19-30(45(4,5)6)25-36(41)34-21-17-32(27-43(34)50)47(10,11)12/h13-27H,1-12H3. The van der Waals surface area contributed by atoms with Gasteiger partial charge in [0.05, 0.1) is 33.4 Å². The molecule has 3 nitrogen and oxygen atoms in total. The second-order valence-corrected chi connectivity index (χ2v) is 18.4. The highest BCUT2D eigenvalue weighted by atomic mass is 15.0. The van der Waals surface area contributed by atoms with Gasteiger partial charge in [0.2, 0.25) is 0 Å². The average molecular weight is 658 g/mol. The molecule has 0 saturated heterocycles. The van der Waals surface area contributed by atoms with Crippen LogP contribution in [0.3, 0.4) is 0 Å². The Hall–Kier alpha value is -4.81. The SMILES string of the molecule is CC(C)(C)c1ccc2c(c1)c1ccc(C(C)(C)C)cc1n2-c1cccc(-n2c3ccc(C(C)(C)C)cc3c3ccc(C(C)(C)C)cc32)c1C#N. The third-order valence-corrected chi connectivity index (χ3v) is 10.6. The minimum atomic E-state index is -0.0222. The van der Waals surface area contributed by atoms with Gasteiger partial charge in [0, 0.05) is 21.5 Å². The van der Waals surface area contributed by atoms with Crippen LogP contribution < -0.4 is 0 Å². The lowest BCUT2D eigenvalue weighted by Crippen LogP contribution is -2.11. The van der Waals surface area contributed by atoms with Crippen LogP contribution in [0.4, 0.5) is 0 Å². The molecular formula is C47H51N3. The van der Waals surface area contributed by atoms with Gasteiger partial charge in [-0.3, -0.25) is 0 Å². The average Bonchev–Trinajstić information content (AvgIpc) is 3.53. The quantitative estimate of drug-likeness (QED) is 0.182. The molecule has 0 unspecified atom stereocenters. The van der Waals surface area contributed by atoms with E-state index in [-0.39, 0.29) is 21.7 Å². The Kier molecular flexibility index (Phi) is 7.47. The van der Waals surface area contributed by atoms with E-state index in [1.165, 1.54) is 43.8 Å². The summed E-state index contributed by atoms with van der Waals surface area (Å²) in [5, 5.41) is 16.0.